The molecule has 0 spiro atoms. The van der Waals surface area contributed by atoms with Crippen LogP contribution < -0.4 is 0 Å². The van der Waals surface area contributed by atoms with Crippen molar-refractivity contribution in [2.24, 2.45) is 5.16 Å². The normalized spacial score (nSPS) is 16.0. The number of carboxylic acid groups (broad SMARTS) is 1. The number of rotatable bonds is 4. The number of oxime groups is 1. The van der Waals surface area contributed by atoms with Gasteiger partial charge in [-0.25, -0.2) is 4.79 Å². The van der Waals surface area contributed by atoms with Gasteiger partial charge in [-0.2, -0.15) is 8.42 Å². The summed E-state index contributed by atoms with van der Waals surface area (Å²) < 4.78 is 34.4. The Kier molecular flexibility index (Phi) is 4.15. The Labute approximate surface area is 138 Å². The molecule has 0 bridgehead atoms. The van der Waals surface area contributed by atoms with Crippen molar-refractivity contribution in [1.29, 1.82) is 0 Å². The molecule has 0 saturated carbocycles. The number of furan rings is 1. The summed E-state index contributed by atoms with van der Waals surface area (Å²) in [4.78, 5) is 11.2. The Morgan fingerprint density at radius 1 is 1.25 bits per heavy atom. The average Bonchev–Trinajstić information content (AvgIpc) is 2.98. The summed E-state index contributed by atoms with van der Waals surface area (Å²) in [6.07, 6.45) is 2.80. The van der Waals surface area contributed by atoms with Crippen LogP contribution in [0.15, 0.2) is 45.0 Å². The zero-order valence-electron chi connectivity index (χ0n) is 12.9. The molecule has 0 atom stereocenters. The van der Waals surface area contributed by atoms with Gasteiger partial charge in [-0.3, -0.25) is 4.28 Å². The molecule has 0 unspecified atom stereocenters. The lowest BCUT2D eigenvalue weighted by molar-refractivity contribution is 0.0696. The summed E-state index contributed by atoms with van der Waals surface area (Å²) in [5.41, 5.74) is 1.45. The molecule has 1 aliphatic rings. The van der Waals surface area contributed by atoms with Crippen LogP contribution in [0.2, 0.25) is 0 Å². The lowest BCUT2D eigenvalue weighted by atomic mass is 9.93. The van der Waals surface area contributed by atoms with Crippen molar-refractivity contribution in [3.63, 3.8) is 0 Å². The van der Waals surface area contributed by atoms with E-state index < -0.39 is 16.1 Å². The third-order valence-electron chi connectivity index (χ3n) is 3.76. The van der Waals surface area contributed by atoms with Crippen LogP contribution in [-0.4, -0.2) is 25.2 Å². The number of nitrogens with zero attached hydrogens (tertiary/aromatic N) is 1. The highest BCUT2D eigenvalue weighted by Gasteiger charge is 2.27. The van der Waals surface area contributed by atoms with Gasteiger partial charge in [-0.15, -0.1) is 0 Å². The van der Waals surface area contributed by atoms with Gasteiger partial charge < -0.3 is 9.52 Å². The van der Waals surface area contributed by atoms with E-state index in [4.69, 9.17) is 8.70 Å². The molecule has 24 heavy (non-hydrogen) atoms. The van der Waals surface area contributed by atoms with E-state index in [-0.39, 0.29) is 16.2 Å². The summed E-state index contributed by atoms with van der Waals surface area (Å²) in [5.74, 6) is -0.676. The summed E-state index contributed by atoms with van der Waals surface area (Å²) in [6.45, 7) is 1.84. The topological polar surface area (TPSA) is 106 Å². The van der Waals surface area contributed by atoms with E-state index in [0.717, 1.165) is 11.8 Å². The number of aromatic carboxylic acids is 1. The molecule has 1 aromatic carbocycles. The lowest BCUT2D eigenvalue weighted by Gasteiger charge is -2.13. The van der Waals surface area contributed by atoms with Gasteiger partial charge in [0, 0.05) is 6.42 Å². The first kappa shape index (κ1) is 16.3. The van der Waals surface area contributed by atoms with Crippen molar-refractivity contribution in [2.45, 2.75) is 31.1 Å². The van der Waals surface area contributed by atoms with Crippen LogP contribution in [0.4, 0.5) is 0 Å². The van der Waals surface area contributed by atoms with Gasteiger partial charge in [0.05, 0.1) is 11.3 Å². The number of aryl methyl sites for hydroxylation is 2. The Balaban J connectivity index is 1.92. The fourth-order valence-corrected chi connectivity index (χ4v) is 3.27. The van der Waals surface area contributed by atoms with E-state index in [1.165, 1.54) is 12.1 Å². The van der Waals surface area contributed by atoms with Crippen molar-refractivity contribution >= 4 is 21.8 Å². The highest BCUT2D eigenvalue weighted by atomic mass is 32.2. The van der Waals surface area contributed by atoms with Crippen LogP contribution >= 0.6 is 0 Å². The molecule has 126 valence electrons. The second-order valence-electron chi connectivity index (χ2n) is 5.49. The van der Waals surface area contributed by atoms with Crippen LogP contribution in [0.5, 0.6) is 0 Å². The molecule has 0 radical (unpaired) electrons. The van der Waals surface area contributed by atoms with Gasteiger partial charge in [0.25, 0.3) is 0 Å². The molecular formula is C16H15NO6S. The van der Waals surface area contributed by atoms with E-state index in [1.54, 1.807) is 12.1 Å². The summed E-state index contributed by atoms with van der Waals surface area (Å²) >= 11 is 0. The van der Waals surface area contributed by atoms with E-state index >= 15 is 0 Å². The fourth-order valence-electron chi connectivity index (χ4n) is 2.53. The Bertz CT molecular complexity index is 909. The minimum absolute atomic E-state index is 0.0147. The van der Waals surface area contributed by atoms with Crippen LogP contribution in [0.1, 0.15) is 40.1 Å². The maximum Gasteiger partial charge on any atom is 0.358 e. The van der Waals surface area contributed by atoms with Gasteiger partial charge in [0.2, 0.25) is 0 Å². The van der Waals surface area contributed by atoms with Crippen molar-refractivity contribution in [3.8, 4) is 0 Å². The minimum Gasteiger partial charge on any atom is -0.478 e. The first-order valence-electron chi connectivity index (χ1n) is 7.30. The number of carboxylic acids is 1. The smallest absolute Gasteiger partial charge is 0.358 e. The molecule has 1 aromatic heterocycles. The van der Waals surface area contributed by atoms with E-state index in [2.05, 4.69) is 5.16 Å². The third kappa shape index (κ3) is 3.05. The molecule has 1 N–H and O–H groups in total. The zero-order valence-corrected chi connectivity index (χ0v) is 13.7. The van der Waals surface area contributed by atoms with Gasteiger partial charge in [0.1, 0.15) is 22.5 Å². The molecule has 0 aliphatic heterocycles. The SMILES string of the molecule is Cc1ccc(S(=O)(=O)O/N=C2\CCCc3occ(C(=O)O)c32)cc1. The van der Waals surface area contributed by atoms with Gasteiger partial charge in [-0.1, -0.05) is 22.9 Å². The minimum atomic E-state index is -4.06. The van der Waals surface area contributed by atoms with Crippen molar-refractivity contribution < 1.29 is 27.0 Å². The Hall–Kier alpha value is -2.61. The highest BCUT2D eigenvalue weighted by Crippen LogP contribution is 2.27. The summed E-state index contributed by atoms with van der Waals surface area (Å²) in [7, 11) is -4.06. The van der Waals surface area contributed by atoms with E-state index in [1.807, 2.05) is 6.92 Å². The molecule has 0 saturated heterocycles. The van der Waals surface area contributed by atoms with Gasteiger partial charge >= 0.3 is 16.1 Å². The zero-order chi connectivity index (χ0) is 17.3. The number of benzene rings is 1. The molecule has 8 heteroatoms. The molecule has 7 nitrogen and oxygen atoms in total. The summed E-state index contributed by atoms with van der Waals surface area (Å²) in [6, 6.07) is 6.16. The van der Waals surface area contributed by atoms with E-state index in [0.29, 0.717) is 30.6 Å². The first-order chi connectivity index (χ1) is 11.4. The largest absolute Gasteiger partial charge is 0.478 e. The Morgan fingerprint density at radius 2 is 1.96 bits per heavy atom. The quantitative estimate of drug-likeness (QED) is 0.851. The van der Waals surface area contributed by atoms with Crippen LogP contribution in [0.25, 0.3) is 0 Å². The first-order valence-corrected chi connectivity index (χ1v) is 8.70. The van der Waals surface area contributed by atoms with Crippen LogP contribution in [-0.2, 0) is 20.8 Å². The number of carbonyl (C=O) groups is 1. The average molecular weight is 349 g/mol. The standard InChI is InChI=1S/C16H15NO6S/c1-10-5-7-11(8-6-10)24(20,21)23-17-13-3-2-4-14-15(13)12(9-22-14)16(18)19/h5-9H,2-4H2,1H3,(H,18,19)/b17-13+. The Morgan fingerprint density at radius 3 is 2.62 bits per heavy atom. The highest BCUT2D eigenvalue weighted by molar-refractivity contribution is 7.86. The van der Waals surface area contributed by atoms with Crippen molar-refractivity contribution in [2.75, 3.05) is 0 Å². The molecule has 0 fully saturated rings. The molecule has 3 rings (SSSR count). The van der Waals surface area contributed by atoms with E-state index in [9.17, 15) is 18.3 Å². The maximum atomic E-state index is 12.2. The molecule has 1 aliphatic carbocycles. The van der Waals surface area contributed by atoms with Crippen molar-refractivity contribution in [1.82, 2.24) is 0 Å². The lowest BCUT2D eigenvalue weighted by Crippen LogP contribution is -2.15. The predicted octanol–water partition coefficient (Wildman–Crippen LogP) is 2.73. The monoisotopic (exact) mass is 349 g/mol. The van der Waals surface area contributed by atoms with Gasteiger partial charge in [-0.05, 0) is 31.9 Å². The predicted molar refractivity (Wildman–Crippen MR) is 84.6 cm³/mol. The second-order valence-corrected chi connectivity index (χ2v) is 7.01. The number of hydrogen-bond donors (Lipinski definition) is 1. The summed E-state index contributed by atoms with van der Waals surface area (Å²) in [5, 5.41) is 12.9. The number of hydrogen-bond acceptors (Lipinski definition) is 6. The second kappa shape index (κ2) is 6.12. The molecule has 2 aromatic rings. The fraction of sp³-hybridized carbons (Fsp3) is 0.250. The van der Waals surface area contributed by atoms with Gasteiger partial charge in [0.15, 0.2) is 0 Å². The molecule has 0 amide bonds. The maximum absolute atomic E-state index is 12.2. The van der Waals surface area contributed by atoms with Crippen LogP contribution in [0.3, 0.4) is 0 Å². The van der Waals surface area contributed by atoms with Crippen LogP contribution in [0, 0.1) is 6.92 Å². The molecular weight excluding hydrogens is 334 g/mol. The van der Waals surface area contributed by atoms with Crippen molar-refractivity contribution in [3.05, 3.63) is 53.0 Å². The number of fused-ring (bicyclic) bond motifs is 1. The molecule has 1 heterocycles. The third-order valence-corrected chi connectivity index (χ3v) is 4.88.